The molecule has 1 aliphatic carbocycles. The molecule has 1 aromatic carbocycles. The molecule has 0 radical (unpaired) electrons. The minimum atomic E-state index is 0.0381. The summed E-state index contributed by atoms with van der Waals surface area (Å²) < 4.78 is 0. The maximum atomic E-state index is 6.12. The van der Waals surface area contributed by atoms with Crippen LogP contribution in [0.1, 0.15) is 24.9 Å². The van der Waals surface area contributed by atoms with Crippen LogP contribution in [0.4, 0.5) is 0 Å². The predicted octanol–water partition coefficient (Wildman–Crippen LogP) is 3.65. The van der Waals surface area contributed by atoms with Crippen molar-refractivity contribution in [2.75, 3.05) is 0 Å². The fourth-order valence-corrected chi connectivity index (χ4v) is 2.28. The van der Waals surface area contributed by atoms with E-state index in [9.17, 15) is 0 Å². The Morgan fingerprint density at radius 2 is 2.07 bits per heavy atom. The highest BCUT2D eigenvalue weighted by Gasteiger charge is 2.38. The Hall–Kier alpha value is -0.240. The zero-order chi connectivity index (χ0) is 10.3. The summed E-state index contributed by atoms with van der Waals surface area (Å²) in [5, 5.41) is 1.43. The topological polar surface area (TPSA) is 26.0 Å². The molecule has 2 rings (SSSR count). The number of hydrogen-bond acceptors (Lipinski definition) is 1. The highest BCUT2D eigenvalue weighted by atomic mass is 35.5. The fourth-order valence-electron chi connectivity index (χ4n) is 1.85. The minimum Gasteiger partial charge on any atom is -0.324 e. The zero-order valence-electron chi connectivity index (χ0n) is 8.00. The predicted molar refractivity (Wildman–Crippen MR) is 60.7 cm³/mol. The molecule has 0 spiro atoms. The van der Waals surface area contributed by atoms with Crippen LogP contribution < -0.4 is 5.73 Å². The first-order valence-electron chi connectivity index (χ1n) is 4.80. The van der Waals surface area contributed by atoms with Gasteiger partial charge in [-0.2, -0.15) is 0 Å². The van der Waals surface area contributed by atoms with Crippen LogP contribution in [0.25, 0.3) is 0 Å². The van der Waals surface area contributed by atoms with Gasteiger partial charge in [0.2, 0.25) is 0 Å². The average Bonchev–Trinajstić information content (AvgIpc) is 2.86. The smallest absolute Gasteiger partial charge is 0.0454 e. The van der Waals surface area contributed by atoms with Gasteiger partial charge in [-0.15, -0.1) is 0 Å². The monoisotopic (exact) mass is 229 g/mol. The Balaban J connectivity index is 2.26. The lowest BCUT2D eigenvalue weighted by atomic mass is 10.0. The summed E-state index contributed by atoms with van der Waals surface area (Å²) >= 11 is 12.0. The van der Waals surface area contributed by atoms with E-state index in [4.69, 9.17) is 28.9 Å². The number of nitrogens with two attached hydrogens (primary N) is 1. The Morgan fingerprint density at radius 3 is 2.64 bits per heavy atom. The third-order valence-electron chi connectivity index (χ3n) is 2.95. The fraction of sp³-hybridized carbons (Fsp3) is 0.455. The lowest BCUT2D eigenvalue weighted by Crippen LogP contribution is -2.13. The summed E-state index contributed by atoms with van der Waals surface area (Å²) in [6.07, 6.45) is 1.20. The van der Waals surface area contributed by atoms with Gasteiger partial charge in [0, 0.05) is 16.1 Å². The van der Waals surface area contributed by atoms with Crippen LogP contribution in [-0.4, -0.2) is 0 Å². The molecule has 0 aromatic heterocycles. The lowest BCUT2D eigenvalue weighted by molar-refractivity contribution is 0.594. The van der Waals surface area contributed by atoms with Crippen LogP contribution in [0, 0.1) is 11.8 Å². The SMILES string of the molecule is CC1CC1C(N)c1cc(Cl)ccc1Cl. The van der Waals surface area contributed by atoms with Gasteiger partial charge in [-0.05, 0) is 42.0 Å². The Bertz CT molecular complexity index is 351. The Labute approximate surface area is 94.2 Å². The van der Waals surface area contributed by atoms with Crippen molar-refractivity contribution >= 4 is 23.2 Å². The molecule has 76 valence electrons. The number of halogens is 2. The molecule has 1 nitrogen and oxygen atoms in total. The molecular formula is C11H13Cl2N. The summed E-state index contributed by atoms with van der Waals surface area (Å²) in [4.78, 5) is 0. The Kier molecular flexibility index (Phi) is 2.74. The number of rotatable bonds is 2. The molecule has 3 unspecified atom stereocenters. The van der Waals surface area contributed by atoms with Crippen LogP contribution >= 0.6 is 23.2 Å². The van der Waals surface area contributed by atoms with Crippen molar-refractivity contribution in [2.24, 2.45) is 17.6 Å². The van der Waals surface area contributed by atoms with E-state index in [0.717, 1.165) is 16.5 Å². The average molecular weight is 230 g/mol. The zero-order valence-corrected chi connectivity index (χ0v) is 9.52. The van der Waals surface area contributed by atoms with Crippen molar-refractivity contribution < 1.29 is 0 Å². The summed E-state index contributed by atoms with van der Waals surface area (Å²) in [6, 6.07) is 5.51. The molecule has 3 heteroatoms. The molecule has 0 amide bonds. The summed E-state index contributed by atoms with van der Waals surface area (Å²) in [5.74, 6) is 1.30. The third-order valence-corrected chi connectivity index (χ3v) is 3.53. The van der Waals surface area contributed by atoms with E-state index in [1.165, 1.54) is 6.42 Å². The second-order valence-electron chi connectivity index (χ2n) is 4.07. The van der Waals surface area contributed by atoms with Gasteiger partial charge >= 0.3 is 0 Å². The van der Waals surface area contributed by atoms with Gasteiger partial charge < -0.3 is 5.73 Å². The van der Waals surface area contributed by atoms with Crippen molar-refractivity contribution in [3.8, 4) is 0 Å². The first-order chi connectivity index (χ1) is 6.59. The van der Waals surface area contributed by atoms with E-state index >= 15 is 0 Å². The van der Waals surface area contributed by atoms with Crippen LogP contribution in [0.15, 0.2) is 18.2 Å². The van der Waals surface area contributed by atoms with E-state index < -0.39 is 0 Å². The number of hydrogen-bond donors (Lipinski definition) is 1. The maximum absolute atomic E-state index is 6.12. The third kappa shape index (κ3) is 1.90. The van der Waals surface area contributed by atoms with Crippen molar-refractivity contribution in [1.82, 2.24) is 0 Å². The largest absolute Gasteiger partial charge is 0.324 e. The molecule has 2 N–H and O–H groups in total. The lowest BCUT2D eigenvalue weighted by Gasteiger charge is -2.13. The second-order valence-corrected chi connectivity index (χ2v) is 4.91. The van der Waals surface area contributed by atoms with Gasteiger partial charge in [-0.25, -0.2) is 0 Å². The molecule has 0 bridgehead atoms. The molecular weight excluding hydrogens is 217 g/mol. The molecule has 1 saturated carbocycles. The highest BCUT2D eigenvalue weighted by molar-refractivity contribution is 6.33. The molecule has 1 aromatic rings. The van der Waals surface area contributed by atoms with Crippen LogP contribution in [0.2, 0.25) is 10.0 Å². The van der Waals surface area contributed by atoms with Gasteiger partial charge in [0.05, 0.1) is 0 Å². The normalized spacial score (nSPS) is 27.4. The number of benzene rings is 1. The van der Waals surface area contributed by atoms with Crippen LogP contribution in [0.5, 0.6) is 0 Å². The van der Waals surface area contributed by atoms with Gasteiger partial charge in [0.25, 0.3) is 0 Å². The quantitative estimate of drug-likeness (QED) is 0.824. The summed E-state index contributed by atoms with van der Waals surface area (Å²) in [6.45, 7) is 2.21. The first kappa shape index (κ1) is 10.3. The maximum Gasteiger partial charge on any atom is 0.0454 e. The molecule has 0 aliphatic heterocycles. The first-order valence-corrected chi connectivity index (χ1v) is 5.55. The molecule has 1 aliphatic rings. The van der Waals surface area contributed by atoms with Crippen molar-refractivity contribution in [3.63, 3.8) is 0 Å². The second kappa shape index (κ2) is 3.73. The molecule has 3 atom stereocenters. The van der Waals surface area contributed by atoms with E-state index in [1.807, 2.05) is 12.1 Å². The molecule has 14 heavy (non-hydrogen) atoms. The van der Waals surface area contributed by atoms with Crippen LogP contribution in [-0.2, 0) is 0 Å². The standard InChI is InChI=1S/C11H13Cl2N/c1-6-4-8(6)11(14)9-5-7(12)2-3-10(9)13/h2-3,5-6,8,11H,4,14H2,1H3. The van der Waals surface area contributed by atoms with E-state index in [0.29, 0.717) is 10.9 Å². The molecule has 0 saturated heterocycles. The van der Waals surface area contributed by atoms with Gasteiger partial charge in [-0.1, -0.05) is 30.1 Å². The molecule has 0 heterocycles. The summed E-state index contributed by atoms with van der Waals surface area (Å²) in [5.41, 5.74) is 7.10. The van der Waals surface area contributed by atoms with E-state index in [1.54, 1.807) is 6.07 Å². The Morgan fingerprint density at radius 1 is 1.43 bits per heavy atom. The van der Waals surface area contributed by atoms with Crippen molar-refractivity contribution in [1.29, 1.82) is 0 Å². The van der Waals surface area contributed by atoms with E-state index in [-0.39, 0.29) is 6.04 Å². The van der Waals surface area contributed by atoms with Crippen LogP contribution in [0.3, 0.4) is 0 Å². The minimum absolute atomic E-state index is 0.0381. The van der Waals surface area contributed by atoms with Crippen molar-refractivity contribution in [2.45, 2.75) is 19.4 Å². The summed E-state index contributed by atoms with van der Waals surface area (Å²) in [7, 11) is 0. The van der Waals surface area contributed by atoms with Gasteiger partial charge in [0.15, 0.2) is 0 Å². The highest BCUT2D eigenvalue weighted by Crippen LogP contribution is 2.47. The van der Waals surface area contributed by atoms with E-state index in [2.05, 4.69) is 6.92 Å². The van der Waals surface area contributed by atoms with Gasteiger partial charge in [0.1, 0.15) is 0 Å². The molecule has 1 fully saturated rings. The van der Waals surface area contributed by atoms with Crippen molar-refractivity contribution in [3.05, 3.63) is 33.8 Å². The van der Waals surface area contributed by atoms with Gasteiger partial charge in [-0.3, -0.25) is 0 Å².